The van der Waals surface area contributed by atoms with Crippen molar-refractivity contribution in [3.05, 3.63) is 64.2 Å². The average Bonchev–Trinajstić information content (AvgIpc) is 2.78. The van der Waals surface area contributed by atoms with Crippen LogP contribution in [0.1, 0.15) is 37.9 Å². The van der Waals surface area contributed by atoms with Crippen LogP contribution in [0.2, 0.25) is 5.02 Å². The van der Waals surface area contributed by atoms with Gasteiger partial charge in [0.15, 0.2) is 11.5 Å². The molecule has 2 N–H and O–H groups in total. The van der Waals surface area contributed by atoms with Crippen LogP contribution in [0.15, 0.2) is 48.0 Å². The summed E-state index contributed by atoms with van der Waals surface area (Å²) in [6.07, 6.45) is 0. The molecule has 170 valence electrons. The number of carbonyl (C=O) groups is 2. The zero-order valence-corrected chi connectivity index (χ0v) is 19.3. The van der Waals surface area contributed by atoms with Gasteiger partial charge in [0.05, 0.1) is 42.7 Å². The van der Waals surface area contributed by atoms with E-state index in [-0.39, 0.29) is 5.57 Å². The minimum atomic E-state index is -0.803. The molecule has 0 bridgehead atoms. The van der Waals surface area contributed by atoms with E-state index in [1.54, 1.807) is 12.1 Å². The van der Waals surface area contributed by atoms with E-state index >= 15 is 0 Å². The molecule has 2 amide bonds. The number of halogens is 1. The van der Waals surface area contributed by atoms with Crippen molar-refractivity contribution < 1.29 is 23.8 Å². The van der Waals surface area contributed by atoms with Crippen molar-refractivity contribution >= 4 is 29.3 Å². The molecule has 3 rings (SSSR count). The molecule has 0 fully saturated rings. The van der Waals surface area contributed by atoms with Crippen LogP contribution in [0.5, 0.6) is 11.5 Å². The van der Waals surface area contributed by atoms with Crippen LogP contribution >= 0.6 is 11.6 Å². The van der Waals surface area contributed by atoms with Crippen LogP contribution in [0, 0.1) is 5.92 Å². The fraction of sp³-hybridized carbons (Fsp3) is 0.333. The second-order valence-electron chi connectivity index (χ2n) is 7.65. The smallest absolute Gasteiger partial charge is 0.338 e. The van der Waals surface area contributed by atoms with Crippen molar-refractivity contribution in [3.63, 3.8) is 0 Å². The molecule has 1 unspecified atom stereocenters. The third-order valence-corrected chi connectivity index (χ3v) is 5.05. The molecule has 0 spiro atoms. The van der Waals surface area contributed by atoms with E-state index in [9.17, 15) is 9.59 Å². The van der Waals surface area contributed by atoms with Crippen LogP contribution < -0.4 is 20.1 Å². The third-order valence-electron chi connectivity index (χ3n) is 4.77. The van der Waals surface area contributed by atoms with Gasteiger partial charge in [-0.3, -0.25) is 0 Å². The molecule has 1 aliphatic rings. The summed E-state index contributed by atoms with van der Waals surface area (Å²) in [4.78, 5) is 25.4. The van der Waals surface area contributed by atoms with Gasteiger partial charge in [0.25, 0.3) is 0 Å². The maximum absolute atomic E-state index is 12.8. The highest BCUT2D eigenvalue weighted by Gasteiger charge is 2.35. The average molecular weight is 459 g/mol. The zero-order valence-electron chi connectivity index (χ0n) is 18.5. The number of methoxy groups -OCH3 is 1. The molecule has 0 saturated heterocycles. The van der Waals surface area contributed by atoms with Gasteiger partial charge in [-0.2, -0.15) is 0 Å². The number of ether oxygens (including phenoxy) is 3. The van der Waals surface area contributed by atoms with E-state index in [1.165, 1.54) is 7.11 Å². The summed E-state index contributed by atoms with van der Waals surface area (Å²) >= 11 is 6.56. The van der Waals surface area contributed by atoms with Crippen molar-refractivity contribution in [2.45, 2.75) is 26.8 Å². The Morgan fingerprint density at radius 3 is 2.50 bits per heavy atom. The number of benzene rings is 2. The summed E-state index contributed by atoms with van der Waals surface area (Å²) in [5.74, 6) is 0.591. The van der Waals surface area contributed by atoms with E-state index < -0.39 is 18.0 Å². The van der Waals surface area contributed by atoms with Crippen molar-refractivity contribution in [1.29, 1.82) is 0 Å². The lowest BCUT2D eigenvalue weighted by Crippen LogP contribution is -2.45. The zero-order chi connectivity index (χ0) is 23.3. The SMILES string of the molecule is CCOc1cc(C2NC(=O)NC(c3ccccc3)=C2C(=O)OC)cc(Cl)c1OCC(C)C. The Kier molecular flexibility index (Phi) is 7.64. The summed E-state index contributed by atoms with van der Waals surface area (Å²) < 4.78 is 16.7. The highest BCUT2D eigenvalue weighted by atomic mass is 35.5. The first kappa shape index (κ1) is 23.5. The second-order valence-corrected chi connectivity index (χ2v) is 8.05. The van der Waals surface area contributed by atoms with E-state index in [1.807, 2.05) is 51.1 Å². The van der Waals surface area contributed by atoms with Crippen LogP contribution in [0.3, 0.4) is 0 Å². The van der Waals surface area contributed by atoms with Crippen molar-refractivity contribution in [3.8, 4) is 11.5 Å². The fourth-order valence-corrected chi connectivity index (χ4v) is 3.66. The van der Waals surface area contributed by atoms with Gasteiger partial charge < -0.3 is 24.8 Å². The van der Waals surface area contributed by atoms with Gasteiger partial charge >= 0.3 is 12.0 Å². The molecule has 2 aromatic carbocycles. The molecule has 0 radical (unpaired) electrons. The molecule has 8 heteroatoms. The molecular formula is C24H27ClN2O5. The van der Waals surface area contributed by atoms with Crippen molar-refractivity contribution in [2.75, 3.05) is 20.3 Å². The molecule has 1 aliphatic heterocycles. The van der Waals surface area contributed by atoms with E-state index in [0.29, 0.717) is 52.5 Å². The largest absolute Gasteiger partial charge is 0.490 e. The van der Waals surface area contributed by atoms with Gasteiger partial charge in [-0.25, -0.2) is 9.59 Å². The monoisotopic (exact) mass is 458 g/mol. The first-order chi connectivity index (χ1) is 15.3. The Balaban J connectivity index is 2.15. The van der Waals surface area contributed by atoms with Gasteiger partial charge in [-0.1, -0.05) is 55.8 Å². The second kappa shape index (κ2) is 10.4. The maximum Gasteiger partial charge on any atom is 0.338 e. The number of urea groups is 1. The molecular weight excluding hydrogens is 432 g/mol. The minimum Gasteiger partial charge on any atom is -0.490 e. The van der Waals surface area contributed by atoms with Gasteiger partial charge in [0.2, 0.25) is 0 Å². The van der Waals surface area contributed by atoms with Crippen LogP contribution in [0.4, 0.5) is 4.79 Å². The summed E-state index contributed by atoms with van der Waals surface area (Å²) in [5, 5.41) is 5.86. The highest BCUT2D eigenvalue weighted by molar-refractivity contribution is 6.32. The number of esters is 1. The van der Waals surface area contributed by atoms with E-state index in [2.05, 4.69) is 10.6 Å². The Bertz CT molecular complexity index is 1020. The Morgan fingerprint density at radius 2 is 1.88 bits per heavy atom. The molecule has 0 saturated carbocycles. The molecule has 1 atom stereocenters. The standard InChI is InChI=1S/C24H27ClN2O5/c1-5-31-18-12-16(11-17(25)22(18)32-13-14(2)3)21-19(23(28)30-4)20(26-24(29)27-21)15-9-7-6-8-10-15/h6-12,14,21H,5,13H2,1-4H3,(H2,26,27,29). The number of rotatable bonds is 8. The number of nitrogens with one attached hydrogen (secondary N) is 2. The lowest BCUT2D eigenvalue weighted by atomic mass is 9.92. The van der Waals surface area contributed by atoms with Gasteiger partial charge in [-0.05, 0) is 36.1 Å². The van der Waals surface area contributed by atoms with E-state index in [4.69, 9.17) is 25.8 Å². The number of carbonyl (C=O) groups excluding carboxylic acids is 2. The van der Waals surface area contributed by atoms with Crippen LogP contribution in [0.25, 0.3) is 5.70 Å². The Labute approximate surface area is 192 Å². The van der Waals surface area contributed by atoms with Gasteiger partial charge in [0.1, 0.15) is 0 Å². The topological polar surface area (TPSA) is 85.9 Å². The lowest BCUT2D eigenvalue weighted by Gasteiger charge is -2.30. The number of hydrogen-bond donors (Lipinski definition) is 2. The lowest BCUT2D eigenvalue weighted by molar-refractivity contribution is -0.136. The fourth-order valence-electron chi connectivity index (χ4n) is 3.38. The highest BCUT2D eigenvalue weighted by Crippen LogP contribution is 2.41. The first-order valence-corrected chi connectivity index (χ1v) is 10.8. The molecule has 2 aromatic rings. The Morgan fingerprint density at radius 1 is 1.16 bits per heavy atom. The molecule has 1 heterocycles. The number of hydrogen-bond acceptors (Lipinski definition) is 5. The van der Waals surface area contributed by atoms with Gasteiger partial charge in [0, 0.05) is 0 Å². The molecule has 7 nitrogen and oxygen atoms in total. The summed E-state index contributed by atoms with van der Waals surface area (Å²) in [7, 11) is 1.30. The van der Waals surface area contributed by atoms with E-state index in [0.717, 1.165) is 0 Å². The predicted molar refractivity (Wildman–Crippen MR) is 123 cm³/mol. The Hall–Kier alpha value is -3.19. The first-order valence-electron chi connectivity index (χ1n) is 10.4. The van der Waals surface area contributed by atoms with Crippen molar-refractivity contribution in [2.24, 2.45) is 5.92 Å². The normalized spacial score (nSPS) is 15.8. The summed E-state index contributed by atoms with van der Waals surface area (Å²) in [6, 6.07) is 11.3. The van der Waals surface area contributed by atoms with Gasteiger partial charge in [-0.15, -0.1) is 0 Å². The predicted octanol–water partition coefficient (Wildman–Crippen LogP) is 4.71. The van der Waals surface area contributed by atoms with Crippen LogP contribution in [-0.2, 0) is 9.53 Å². The van der Waals surface area contributed by atoms with Crippen molar-refractivity contribution in [1.82, 2.24) is 10.6 Å². The summed E-state index contributed by atoms with van der Waals surface area (Å²) in [6.45, 7) is 6.78. The third kappa shape index (κ3) is 5.16. The van der Waals surface area contributed by atoms with Crippen LogP contribution in [-0.4, -0.2) is 32.3 Å². The maximum atomic E-state index is 12.8. The minimum absolute atomic E-state index is 0.257. The molecule has 0 aliphatic carbocycles. The molecule has 32 heavy (non-hydrogen) atoms. The molecule has 0 aromatic heterocycles. The number of amides is 2. The summed E-state index contributed by atoms with van der Waals surface area (Å²) in [5.41, 5.74) is 1.88. The quantitative estimate of drug-likeness (QED) is 0.559.